The zero-order valence-electron chi connectivity index (χ0n) is 10.9. The third-order valence-electron chi connectivity index (χ3n) is 3.71. The minimum absolute atomic E-state index is 0.305. The first kappa shape index (κ1) is 13.5. The lowest BCUT2D eigenvalue weighted by atomic mass is 9.95. The maximum Gasteiger partial charge on any atom is 0.0584 e. The third kappa shape index (κ3) is 3.51. The van der Waals surface area contributed by atoms with Gasteiger partial charge in [0.25, 0.3) is 0 Å². The number of pyridine rings is 1. The molecule has 1 aromatic rings. The van der Waals surface area contributed by atoms with Crippen LogP contribution in [0.5, 0.6) is 0 Å². The van der Waals surface area contributed by atoms with E-state index in [1.54, 1.807) is 6.20 Å². The van der Waals surface area contributed by atoms with Crippen molar-refractivity contribution >= 4 is 0 Å². The normalized spacial score (nSPS) is 21.1. The highest BCUT2D eigenvalue weighted by atomic mass is 16.3. The molecule has 0 saturated carbocycles. The largest absolute Gasteiger partial charge is 0.396 e. The number of nitrogens with zero attached hydrogens (tertiary/aromatic N) is 2. The van der Waals surface area contributed by atoms with Gasteiger partial charge in [0.15, 0.2) is 0 Å². The monoisotopic (exact) mass is 249 g/mol. The van der Waals surface area contributed by atoms with E-state index in [1.807, 2.05) is 6.07 Å². The summed E-state index contributed by atoms with van der Waals surface area (Å²) < 4.78 is 0. The Hall–Kier alpha value is -0.970. The van der Waals surface area contributed by atoms with Crippen LogP contribution in [0.2, 0.25) is 0 Å². The maximum absolute atomic E-state index is 9.03. The molecule has 0 amide bonds. The van der Waals surface area contributed by atoms with Crippen molar-refractivity contribution in [2.24, 2.45) is 11.7 Å². The molecular formula is C14H23N3O. The number of hydrogen-bond donors (Lipinski definition) is 2. The molecule has 1 aliphatic rings. The highest BCUT2D eigenvalue weighted by molar-refractivity contribution is 5.19. The van der Waals surface area contributed by atoms with Crippen molar-refractivity contribution < 1.29 is 5.11 Å². The lowest BCUT2D eigenvalue weighted by Gasteiger charge is -2.32. The molecule has 2 heterocycles. The van der Waals surface area contributed by atoms with E-state index in [0.29, 0.717) is 19.1 Å². The van der Waals surface area contributed by atoms with Crippen LogP contribution in [-0.2, 0) is 13.1 Å². The second-order valence-corrected chi connectivity index (χ2v) is 5.07. The smallest absolute Gasteiger partial charge is 0.0584 e. The van der Waals surface area contributed by atoms with Crippen LogP contribution < -0.4 is 5.73 Å². The van der Waals surface area contributed by atoms with Gasteiger partial charge >= 0.3 is 0 Å². The molecule has 1 fully saturated rings. The molecule has 4 heteroatoms. The van der Waals surface area contributed by atoms with Gasteiger partial charge in [-0.05, 0) is 43.4 Å². The molecule has 2 rings (SSSR count). The van der Waals surface area contributed by atoms with E-state index >= 15 is 0 Å². The Kier molecular flexibility index (Phi) is 5.11. The number of aliphatic hydroxyl groups is 1. The summed E-state index contributed by atoms with van der Waals surface area (Å²) in [6.45, 7) is 3.96. The van der Waals surface area contributed by atoms with Gasteiger partial charge in [-0.25, -0.2) is 0 Å². The Morgan fingerprint density at radius 2 is 2.39 bits per heavy atom. The summed E-state index contributed by atoms with van der Waals surface area (Å²) >= 11 is 0. The zero-order chi connectivity index (χ0) is 12.8. The average Bonchev–Trinajstić information content (AvgIpc) is 2.40. The summed E-state index contributed by atoms with van der Waals surface area (Å²) in [5, 5.41) is 9.03. The zero-order valence-corrected chi connectivity index (χ0v) is 10.9. The molecule has 0 bridgehead atoms. The molecule has 1 aliphatic heterocycles. The van der Waals surface area contributed by atoms with E-state index in [2.05, 4.69) is 16.0 Å². The van der Waals surface area contributed by atoms with Gasteiger partial charge in [-0.15, -0.1) is 0 Å². The summed E-state index contributed by atoms with van der Waals surface area (Å²) in [5.41, 5.74) is 7.96. The van der Waals surface area contributed by atoms with E-state index in [0.717, 1.165) is 31.7 Å². The molecule has 0 aliphatic carbocycles. The molecule has 1 aromatic heterocycles. The summed E-state index contributed by atoms with van der Waals surface area (Å²) in [4.78, 5) is 6.78. The first-order valence-corrected chi connectivity index (χ1v) is 6.79. The molecule has 4 nitrogen and oxygen atoms in total. The predicted molar refractivity (Wildman–Crippen MR) is 71.8 cm³/mol. The number of nitrogens with two attached hydrogens (primary N) is 1. The Balaban J connectivity index is 1.96. The topological polar surface area (TPSA) is 62.4 Å². The lowest BCUT2D eigenvalue weighted by Crippen LogP contribution is -2.35. The number of likely N-dealkylation sites (tertiary alicyclic amines) is 1. The molecule has 0 spiro atoms. The van der Waals surface area contributed by atoms with Crippen LogP contribution in [0.15, 0.2) is 18.3 Å². The molecular weight excluding hydrogens is 226 g/mol. The molecule has 18 heavy (non-hydrogen) atoms. The number of piperidine rings is 1. The van der Waals surface area contributed by atoms with Gasteiger partial charge in [-0.3, -0.25) is 9.88 Å². The van der Waals surface area contributed by atoms with Crippen molar-refractivity contribution in [3.63, 3.8) is 0 Å². The first-order chi connectivity index (χ1) is 8.83. The van der Waals surface area contributed by atoms with Crippen LogP contribution in [0.25, 0.3) is 0 Å². The standard InChI is InChI=1S/C14H23N3O/c15-9-14-13(4-1-6-16-14)11-17-7-2-3-12(10-17)5-8-18/h1,4,6,12,18H,2-3,5,7-11,15H2. The Morgan fingerprint density at radius 3 is 3.17 bits per heavy atom. The Labute approximate surface area is 109 Å². The fourth-order valence-corrected chi connectivity index (χ4v) is 2.75. The van der Waals surface area contributed by atoms with Gasteiger partial charge in [0.05, 0.1) is 5.69 Å². The number of aliphatic hydroxyl groups excluding tert-OH is 1. The SMILES string of the molecule is NCc1ncccc1CN1CCCC(CCO)C1. The van der Waals surface area contributed by atoms with E-state index in [-0.39, 0.29) is 0 Å². The summed E-state index contributed by atoms with van der Waals surface area (Å²) in [7, 11) is 0. The van der Waals surface area contributed by atoms with Gasteiger partial charge < -0.3 is 10.8 Å². The Bertz CT molecular complexity index is 368. The second kappa shape index (κ2) is 6.83. The fourth-order valence-electron chi connectivity index (χ4n) is 2.75. The predicted octanol–water partition coefficient (Wildman–Crippen LogP) is 1.13. The first-order valence-electron chi connectivity index (χ1n) is 6.79. The van der Waals surface area contributed by atoms with Crippen molar-refractivity contribution in [1.82, 2.24) is 9.88 Å². The highest BCUT2D eigenvalue weighted by Crippen LogP contribution is 2.21. The van der Waals surface area contributed by atoms with Gasteiger partial charge in [-0.2, -0.15) is 0 Å². The van der Waals surface area contributed by atoms with E-state index in [1.165, 1.54) is 18.4 Å². The molecule has 1 atom stereocenters. The maximum atomic E-state index is 9.03. The van der Waals surface area contributed by atoms with Crippen LogP contribution in [-0.4, -0.2) is 34.7 Å². The van der Waals surface area contributed by atoms with Crippen molar-refractivity contribution in [2.75, 3.05) is 19.7 Å². The fraction of sp³-hybridized carbons (Fsp3) is 0.643. The highest BCUT2D eigenvalue weighted by Gasteiger charge is 2.20. The molecule has 1 unspecified atom stereocenters. The molecule has 3 N–H and O–H groups in total. The van der Waals surface area contributed by atoms with Gasteiger partial charge in [0.1, 0.15) is 0 Å². The number of aromatic nitrogens is 1. The molecule has 1 saturated heterocycles. The summed E-state index contributed by atoms with van der Waals surface area (Å²) in [6.07, 6.45) is 5.19. The van der Waals surface area contributed by atoms with Crippen molar-refractivity contribution in [2.45, 2.75) is 32.4 Å². The number of hydrogen-bond acceptors (Lipinski definition) is 4. The minimum Gasteiger partial charge on any atom is -0.396 e. The van der Waals surface area contributed by atoms with Gasteiger partial charge in [0, 0.05) is 32.4 Å². The summed E-state index contributed by atoms with van der Waals surface area (Å²) in [6, 6.07) is 4.09. The lowest BCUT2D eigenvalue weighted by molar-refractivity contribution is 0.142. The molecule has 0 aromatic carbocycles. The second-order valence-electron chi connectivity index (χ2n) is 5.07. The van der Waals surface area contributed by atoms with Crippen LogP contribution in [0.4, 0.5) is 0 Å². The third-order valence-corrected chi connectivity index (χ3v) is 3.71. The summed E-state index contributed by atoms with van der Waals surface area (Å²) in [5.74, 6) is 0.641. The van der Waals surface area contributed by atoms with E-state index in [9.17, 15) is 0 Å². The van der Waals surface area contributed by atoms with E-state index < -0.39 is 0 Å². The Morgan fingerprint density at radius 1 is 1.50 bits per heavy atom. The van der Waals surface area contributed by atoms with Gasteiger partial charge in [-0.1, -0.05) is 6.07 Å². The van der Waals surface area contributed by atoms with Crippen LogP contribution in [0.1, 0.15) is 30.5 Å². The van der Waals surface area contributed by atoms with Crippen LogP contribution in [0, 0.1) is 5.92 Å². The average molecular weight is 249 g/mol. The van der Waals surface area contributed by atoms with E-state index in [4.69, 9.17) is 10.8 Å². The van der Waals surface area contributed by atoms with Crippen molar-refractivity contribution in [3.05, 3.63) is 29.6 Å². The number of rotatable bonds is 5. The van der Waals surface area contributed by atoms with Crippen LogP contribution in [0.3, 0.4) is 0 Å². The molecule has 100 valence electrons. The quantitative estimate of drug-likeness (QED) is 0.821. The molecule has 0 radical (unpaired) electrons. The van der Waals surface area contributed by atoms with Crippen LogP contribution >= 0.6 is 0 Å². The van der Waals surface area contributed by atoms with Crippen molar-refractivity contribution in [3.8, 4) is 0 Å². The van der Waals surface area contributed by atoms with Gasteiger partial charge in [0.2, 0.25) is 0 Å². The van der Waals surface area contributed by atoms with Crippen molar-refractivity contribution in [1.29, 1.82) is 0 Å². The minimum atomic E-state index is 0.305.